The minimum Gasteiger partial charge on any atom is -0.492 e. The summed E-state index contributed by atoms with van der Waals surface area (Å²) in [6, 6.07) is 7.39. The molecule has 0 bridgehead atoms. The summed E-state index contributed by atoms with van der Waals surface area (Å²) in [4.78, 5) is 6.69. The number of guanidine groups is 1. The first-order valence-corrected chi connectivity index (χ1v) is 8.86. The Bertz CT molecular complexity index is 719. The molecule has 1 aliphatic rings. The molecule has 2 heterocycles. The van der Waals surface area contributed by atoms with Gasteiger partial charge in [-0.05, 0) is 36.2 Å². The van der Waals surface area contributed by atoms with Gasteiger partial charge in [-0.2, -0.15) is 5.10 Å². The van der Waals surface area contributed by atoms with Gasteiger partial charge in [0.25, 0.3) is 0 Å². The van der Waals surface area contributed by atoms with Gasteiger partial charge in [0.1, 0.15) is 12.4 Å². The van der Waals surface area contributed by atoms with Gasteiger partial charge in [-0.1, -0.05) is 11.6 Å². The summed E-state index contributed by atoms with van der Waals surface area (Å²) in [5.74, 6) is 2.25. The second-order valence-corrected chi connectivity index (χ2v) is 6.59. The summed E-state index contributed by atoms with van der Waals surface area (Å²) >= 11 is 5.87. The highest BCUT2D eigenvalue weighted by molar-refractivity contribution is 14.0. The van der Waals surface area contributed by atoms with Crippen molar-refractivity contribution >= 4 is 41.5 Å². The fourth-order valence-corrected chi connectivity index (χ4v) is 3.20. The van der Waals surface area contributed by atoms with Crippen molar-refractivity contribution in [2.24, 2.45) is 12.0 Å². The number of benzene rings is 1. The summed E-state index contributed by atoms with van der Waals surface area (Å²) in [7, 11) is 3.77. The molecule has 26 heavy (non-hydrogen) atoms. The lowest BCUT2D eigenvalue weighted by molar-refractivity contribution is 0.319. The number of nitrogens with zero attached hydrogens (tertiary/aromatic N) is 4. The normalized spacial score (nSPS) is 17.1. The number of likely N-dealkylation sites (tertiary alicyclic amines) is 1. The van der Waals surface area contributed by atoms with Crippen LogP contribution in [0.5, 0.6) is 5.75 Å². The van der Waals surface area contributed by atoms with Crippen molar-refractivity contribution in [3.63, 3.8) is 0 Å². The standard InChI is InChI=1S/C18H24ClN5O.HI/c1-20-18(21-8-10-25-17-5-3-16(19)4-6-17)24-9-7-14(13-24)15-11-22-23(2)12-15;/h3-6,11-12,14H,7-10,13H2,1-2H3,(H,20,21);1H. The first-order valence-electron chi connectivity index (χ1n) is 8.48. The molecule has 0 aliphatic carbocycles. The van der Waals surface area contributed by atoms with Crippen molar-refractivity contribution in [2.45, 2.75) is 12.3 Å². The lowest BCUT2D eigenvalue weighted by Crippen LogP contribution is -2.41. The van der Waals surface area contributed by atoms with Crippen molar-refractivity contribution in [1.29, 1.82) is 0 Å². The Morgan fingerprint density at radius 1 is 1.38 bits per heavy atom. The van der Waals surface area contributed by atoms with Gasteiger partial charge in [-0.25, -0.2) is 0 Å². The highest BCUT2D eigenvalue weighted by atomic mass is 127. The zero-order chi connectivity index (χ0) is 17.6. The molecule has 1 aliphatic heterocycles. The Morgan fingerprint density at radius 3 is 2.81 bits per heavy atom. The Labute approximate surface area is 176 Å². The van der Waals surface area contributed by atoms with Crippen molar-refractivity contribution in [3.05, 3.63) is 47.2 Å². The molecule has 1 saturated heterocycles. The predicted octanol–water partition coefficient (Wildman–Crippen LogP) is 3.14. The van der Waals surface area contributed by atoms with Crippen LogP contribution in [-0.4, -0.2) is 53.9 Å². The van der Waals surface area contributed by atoms with Crippen LogP contribution < -0.4 is 10.1 Å². The van der Waals surface area contributed by atoms with Crippen LogP contribution in [0.2, 0.25) is 5.02 Å². The third-order valence-electron chi connectivity index (χ3n) is 4.36. The molecule has 0 spiro atoms. The third kappa shape index (κ3) is 5.51. The SMILES string of the molecule is CN=C(NCCOc1ccc(Cl)cc1)N1CCC(c2cnn(C)c2)C1.I. The number of halogens is 2. The van der Waals surface area contributed by atoms with E-state index in [9.17, 15) is 0 Å². The highest BCUT2D eigenvalue weighted by Crippen LogP contribution is 2.26. The molecule has 0 radical (unpaired) electrons. The van der Waals surface area contributed by atoms with Crippen LogP contribution in [0.25, 0.3) is 0 Å². The van der Waals surface area contributed by atoms with E-state index in [1.165, 1.54) is 5.56 Å². The van der Waals surface area contributed by atoms with Crippen LogP contribution >= 0.6 is 35.6 Å². The molecule has 8 heteroatoms. The van der Waals surface area contributed by atoms with Crippen molar-refractivity contribution in [1.82, 2.24) is 20.0 Å². The molecule has 0 amide bonds. The molecule has 1 aromatic carbocycles. The molecule has 6 nitrogen and oxygen atoms in total. The van der Waals surface area contributed by atoms with E-state index in [0.29, 0.717) is 24.1 Å². The lowest BCUT2D eigenvalue weighted by Gasteiger charge is -2.21. The molecule has 3 rings (SSSR count). The van der Waals surface area contributed by atoms with Gasteiger partial charge in [0.2, 0.25) is 0 Å². The molecule has 0 saturated carbocycles. The van der Waals surface area contributed by atoms with Gasteiger partial charge >= 0.3 is 0 Å². The van der Waals surface area contributed by atoms with Crippen molar-refractivity contribution in [3.8, 4) is 5.75 Å². The zero-order valence-corrected chi connectivity index (χ0v) is 18.1. The van der Waals surface area contributed by atoms with E-state index in [0.717, 1.165) is 31.2 Å². The third-order valence-corrected chi connectivity index (χ3v) is 4.62. The molecule has 1 N–H and O–H groups in total. The molecule has 1 atom stereocenters. The van der Waals surface area contributed by atoms with Crippen LogP contribution in [0, 0.1) is 0 Å². The first-order chi connectivity index (χ1) is 12.2. The molecule has 2 aromatic rings. The second-order valence-electron chi connectivity index (χ2n) is 6.16. The second kappa shape index (κ2) is 10.0. The molecule has 1 fully saturated rings. The molecule has 142 valence electrons. The monoisotopic (exact) mass is 489 g/mol. The van der Waals surface area contributed by atoms with Gasteiger partial charge in [-0.15, -0.1) is 24.0 Å². The lowest BCUT2D eigenvalue weighted by atomic mass is 10.0. The Kier molecular flexibility index (Phi) is 8.02. The fraction of sp³-hybridized carbons (Fsp3) is 0.444. The van der Waals surface area contributed by atoms with E-state index in [1.807, 2.05) is 49.2 Å². The van der Waals surface area contributed by atoms with Gasteiger partial charge < -0.3 is 15.0 Å². The Balaban J connectivity index is 0.00000243. The molecule has 1 aromatic heterocycles. The van der Waals surface area contributed by atoms with E-state index in [2.05, 4.69) is 26.5 Å². The Hall–Kier alpha value is -1.48. The maximum absolute atomic E-state index is 5.87. The number of aryl methyl sites for hydroxylation is 1. The summed E-state index contributed by atoms with van der Waals surface area (Å²) < 4.78 is 7.57. The summed E-state index contributed by atoms with van der Waals surface area (Å²) in [5.41, 5.74) is 1.30. The summed E-state index contributed by atoms with van der Waals surface area (Å²) in [6.45, 7) is 3.23. The topological polar surface area (TPSA) is 54.7 Å². The number of hydrogen-bond donors (Lipinski definition) is 1. The number of nitrogens with one attached hydrogen (secondary N) is 1. The maximum atomic E-state index is 5.87. The van der Waals surface area contributed by atoms with Gasteiger partial charge in [0.15, 0.2) is 5.96 Å². The average Bonchev–Trinajstić information content (AvgIpc) is 3.25. The molecule has 1 unspecified atom stereocenters. The predicted molar refractivity (Wildman–Crippen MR) is 116 cm³/mol. The van der Waals surface area contributed by atoms with E-state index in [-0.39, 0.29) is 24.0 Å². The number of rotatable bonds is 5. The summed E-state index contributed by atoms with van der Waals surface area (Å²) in [5, 5.41) is 8.36. The van der Waals surface area contributed by atoms with Crippen LogP contribution in [0.1, 0.15) is 17.9 Å². The van der Waals surface area contributed by atoms with Crippen LogP contribution in [0.3, 0.4) is 0 Å². The molecular weight excluding hydrogens is 465 g/mol. The number of aromatic nitrogens is 2. The van der Waals surface area contributed by atoms with Crippen LogP contribution in [0.15, 0.2) is 41.7 Å². The number of hydrogen-bond acceptors (Lipinski definition) is 3. The summed E-state index contributed by atoms with van der Waals surface area (Å²) in [6.07, 6.45) is 5.18. The Morgan fingerprint density at radius 2 is 2.15 bits per heavy atom. The first kappa shape index (κ1) is 20.8. The van der Waals surface area contributed by atoms with Crippen molar-refractivity contribution < 1.29 is 4.74 Å². The smallest absolute Gasteiger partial charge is 0.193 e. The molecular formula is C18H25ClIN5O. The van der Waals surface area contributed by atoms with E-state index < -0.39 is 0 Å². The van der Waals surface area contributed by atoms with Crippen molar-refractivity contribution in [2.75, 3.05) is 33.3 Å². The number of ether oxygens (including phenoxy) is 1. The van der Waals surface area contributed by atoms with Gasteiger partial charge in [0.05, 0.1) is 12.7 Å². The largest absolute Gasteiger partial charge is 0.492 e. The maximum Gasteiger partial charge on any atom is 0.193 e. The van der Waals surface area contributed by atoms with E-state index in [4.69, 9.17) is 16.3 Å². The minimum absolute atomic E-state index is 0. The van der Waals surface area contributed by atoms with E-state index in [1.54, 1.807) is 0 Å². The van der Waals surface area contributed by atoms with Gasteiger partial charge in [-0.3, -0.25) is 9.67 Å². The van der Waals surface area contributed by atoms with Crippen LogP contribution in [0.4, 0.5) is 0 Å². The quantitative estimate of drug-likeness (QED) is 0.303. The highest BCUT2D eigenvalue weighted by Gasteiger charge is 2.26. The zero-order valence-electron chi connectivity index (χ0n) is 15.1. The fourth-order valence-electron chi connectivity index (χ4n) is 3.07. The number of aliphatic imine (C=N–C) groups is 1. The minimum atomic E-state index is 0. The average molecular weight is 490 g/mol. The van der Waals surface area contributed by atoms with Gasteiger partial charge in [0, 0.05) is 44.3 Å². The van der Waals surface area contributed by atoms with E-state index >= 15 is 0 Å². The van der Waals surface area contributed by atoms with Crippen LogP contribution in [-0.2, 0) is 7.05 Å².